The second-order valence-corrected chi connectivity index (χ2v) is 6.01. The van der Waals surface area contributed by atoms with E-state index in [2.05, 4.69) is 9.13 Å². The topological polar surface area (TPSA) is 102 Å². The molecule has 7 nitrogen and oxygen atoms in total. The van der Waals surface area contributed by atoms with Crippen LogP contribution in [-0.2, 0) is 14.8 Å². The Hall–Kier alpha value is -1.80. The minimum absolute atomic E-state index is 0.0203. The van der Waals surface area contributed by atoms with Crippen LogP contribution in [0.4, 0.5) is 5.69 Å². The van der Waals surface area contributed by atoms with Crippen molar-refractivity contribution in [1.82, 2.24) is 4.90 Å². The van der Waals surface area contributed by atoms with Gasteiger partial charge in [0.25, 0.3) is 10.0 Å². The molecule has 1 rings (SSSR count). The first-order chi connectivity index (χ1) is 9.19. The lowest BCUT2D eigenvalue weighted by atomic mass is 10.2. The van der Waals surface area contributed by atoms with Crippen molar-refractivity contribution in [2.24, 2.45) is 4.40 Å². The summed E-state index contributed by atoms with van der Waals surface area (Å²) < 4.78 is 32.1. The molecule has 110 valence electrons. The number of anilines is 1. The van der Waals surface area contributed by atoms with Crippen molar-refractivity contribution in [1.29, 1.82) is 0 Å². The molecule has 0 unspecified atom stereocenters. The zero-order chi connectivity index (χ0) is 15.5. The van der Waals surface area contributed by atoms with Crippen LogP contribution in [0.1, 0.15) is 10.4 Å². The third-order valence-electron chi connectivity index (χ3n) is 2.18. The van der Waals surface area contributed by atoms with Gasteiger partial charge in [-0.1, -0.05) is 11.6 Å². The summed E-state index contributed by atoms with van der Waals surface area (Å²) in [6.45, 7) is 0. The number of rotatable bonds is 4. The summed E-state index contributed by atoms with van der Waals surface area (Å²) in [5.41, 5.74) is 5.53. The van der Waals surface area contributed by atoms with Crippen LogP contribution in [0.15, 0.2) is 21.4 Å². The third-order valence-corrected chi connectivity index (χ3v) is 3.97. The number of nitrogens with two attached hydrogens (primary N) is 1. The average Bonchev–Trinajstić information content (AvgIpc) is 2.38. The Bertz CT molecular complexity index is 656. The van der Waals surface area contributed by atoms with Gasteiger partial charge >= 0.3 is 5.97 Å². The van der Waals surface area contributed by atoms with Crippen molar-refractivity contribution in [2.45, 2.75) is 4.90 Å². The Morgan fingerprint density at radius 3 is 2.55 bits per heavy atom. The molecule has 0 aliphatic rings. The van der Waals surface area contributed by atoms with E-state index in [0.717, 1.165) is 12.4 Å². The number of benzene rings is 1. The standard InChI is InChI=1S/C11H14ClN3O4S/c1-15(2)6-14-20(17,18)9-5-7(11(16)19-3)4-8(13)10(9)12/h4-6H,13H2,1-3H3/b14-6+. The lowest BCUT2D eigenvalue weighted by Gasteiger charge is -2.09. The summed E-state index contributed by atoms with van der Waals surface area (Å²) >= 11 is 5.87. The summed E-state index contributed by atoms with van der Waals surface area (Å²) in [6.07, 6.45) is 1.10. The quantitative estimate of drug-likeness (QED) is 0.384. The molecule has 0 atom stereocenters. The summed E-state index contributed by atoms with van der Waals surface area (Å²) in [7, 11) is 0.329. The van der Waals surface area contributed by atoms with Crippen molar-refractivity contribution in [3.05, 3.63) is 22.7 Å². The van der Waals surface area contributed by atoms with Gasteiger partial charge in [0.05, 0.1) is 23.4 Å². The second kappa shape index (κ2) is 6.10. The minimum atomic E-state index is -4.06. The van der Waals surface area contributed by atoms with Crippen LogP contribution in [0.5, 0.6) is 0 Å². The predicted molar refractivity (Wildman–Crippen MR) is 76.6 cm³/mol. The van der Waals surface area contributed by atoms with E-state index in [1.54, 1.807) is 14.1 Å². The van der Waals surface area contributed by atoms with Crippen LogP contribution in [0.25, 0.3) is 0 Å². The first-order valence-corrected chi connectivity index (χ1v) is 7.15. The molecule has 20 heavy (non-hydrogen) atoms. The molecule has 1 aromatic rings. The Labute approximate surface area is 122 Å². The van der Waals surface area contributed by atoms with Crippen LogP contribution >= 0.6 is 11.6 Å². The minimum Gasteiger partial charge on any atom is -0.465 e. The molecule has 2 N–H and O–H groups in total. The van der Waals surface area contributed by atoms with Gasteiger partial charge in [0.1, 0.15) is 11.2 Å². The molecule has 0 radical (unpaired) electrons. The molecule has 0 aliphatic heterocycles. The van der Waals surface area contributed by atoms with Gasteiger partial charge in [-0.25, -0.2) is 4.79 Å². The monoisotopic (exact) mass is 319 g/mol. The van der Waals surface area contributed by atoms with E-state index in [0.29, 0.717) is 0 Å². The van der Waals surface area contributed by atoms with Gasteiger partial charge in [-0.2, -0.15) is 8.42 Å². The van der Waals surface area contributed by atoms with Crippen LogP contribution in [-0.4, -0.2) is 46.8 Å². The van der Waals surface area contributed by atoms with Gasteiger partial charge in [0.15, 0.2) is 0 Å². The highest BCUT2D eigenvalue weighted by Gasteiger charge is 2.22. The zero-order valence-corrected chi connectivity index (χ0v) is 12.7. The number of esters is 1. The SMILES string of the molecule is COC(=O)c1cc(N)c(Cl)c(S(=O)(=O)/N=C/N(C)C)c1. The highest BCUT2D eigenvalue weighted by atomic mass is 35.5. The average molecular weight is 320 g/mol. The molecule has 0 fully saturated rings. The summed E-state index contributed by atoms with van der Waals surface area (Å²) in [4.78, 5) is 12.6. The van der Waals surface area contributed by atoms with Crippen molar-refractivity contribution < 1.29 is 17.9 Å². The Morgan fingerprint density at radius 2 is 2.05 bits per heavy atom. The number of hydrogen-bond acceptors (Lipinski definition) is 5. The number of carbonyl (C=O) groups excluding carboxylic acids is 1. The van der Waals surface area contributed by atoms with Crippen LogP contribution in [0.3, 0.4) is 0 Å². The summed E-state index contributed by atoms with van der Waals surface area (Å²) in [5.74, 6) is -0.721. The van der Waals surface area contributed by atoms with E-state index in [-0.39, 0.29) is 21.2 Å². The van der Waals surface area contributed by atoms with Crippen molar-refractivity contribution >= 4 is 39.6 Å². The summed E-state index contributed by atoms with van der Waals surface area (Å²) in [5, 5.41) is -0.187. The maximum Gasteiger partial charge on any atom is 0.337 e. The van der Waals surface area contributed by atoms with E-state index in [1.165, 1.54) is 18.1 Å². The number of methoxy groups -OCH3 is 1. The van der Waals surface area contributed by atoms with E-state index in [4.69, 9.17) is 17.3 Å². The van der Waals surface area contributed by atoms with Crippen molar-refractivity contribution in [3.63, 3.8) is 0 Å². The lowest BCUT2D eigenvalue weighted by molar-refractivity contribution is 0.0600. The maximum absolute atomic E-state index is 12.1. The number of ether oxygens (including phenoxy) is 1. The molecule has 0 amide bonds. The van der Waals surface area contributed by atoms with Gasteiger partial charge in [-0.15, -0.1) is 4.40 Å². The third kappa shape index (κ3) is 3.61. The number of hydrogen-bond donors (Lipinski definition) is 1. The molecule has 0 saturated heterocycles. The predicted octanol–water partition coefficient (Wildman–Crippen LogP) is 0.987. The normalized spacial score (nSPS) is 11.6. The van der Waals surface area contributed by atoms with E-state index < -0.39 is 16.0 Å². The van der Waals surface area contributed by atoms with Crippen LogP contribution < -0.4 is 5.73 Å². The Kier molecular flexibility index (Phi) is 4.96. The number of sulfonamides is 1. The number of nitrogen functional groups attached to an aromatic ring is 1. The molecule has 0 bridgehead atoms. The number of nitrogens with zero attached hydrogens (tertiary/aromatic N) is 2. The lowest BCUT2D eigenvalue weighted by Crippen LogP contribution is -2.11. The molecule has 0 aromatic heterocycles. The molecule has 1 aromatic carbocycles. The molecule has 0 heterocycles. The largest absolute Gasteiger partial charge is 0.465 e. The van der Waals surface area contributed by atoms with Crippen molar-refractivity contribution in [3.8, 4) is 0 Å². The fourth-order valence-corrected chi connectivity index (χ4v) is 2.70. The molecule has 9 heteroatoms. The first kappa shape index (κ1) is 16.3. The maximum atomic E-state index is 12.1. The Balaban J connectivity index is 3.44. The van der Waals surface area contributed by atoms with Gasteiger partial charge in [-0.3, -0.25) is 0 Å². The van der Waals surface area contributed by atoms with Gasteiger partial charge in [0, 0.05) is 14.1 Å². The van der Waals surface area contributed by atoms with Crippen molar-refractivity contribution in [2.75, 3.05) is 26.9 Å². The molecule has 0 aliphatic carbocycles. The van der Waals surface area contributed by atoms with Gasteiger partial charge in [0.2, 0.25) is 0 Å². The van der Waals surface area contributed by atoms with Gasteiger partial charge in [-0.05, 0) is 12.1 Å². The highest BCUT2D eigenvalue weighted by molar-refractivity contribution is 7.90. The molecule has 0 spiro atoms. The fourth-order valence-electron chi connectivity index (χ4n) is 1.26. The summed E-state index contributed by atoms with van der Waals surface area (Å²) in [6, 6.07) is 2.32. The first-order valence-electron chi connectivity index (χ1n) is 5.33. The number of carbonyl (C=O) groups is 1. The van der Waals surface area contributed by atoms with Gasteiger partial charge < -0.3 is 15.4 Å². The van der Waals surface area contributed by atoms with E-state index in [1.807, 2.05) is 0 Å². The van der Waals surface area contributed by atoms with Crippen LogP contribution in [0.2, 0.25) is 5.02 Å². The molecule has 0 saturated carbocycles. The zero-order valence-electron chi connectivity index (χ0n) is 11.1. The smallest absolute Gasteiger partial charge is 0.337 e. The molecular formula is C11H14ClN3O4S. The highest BCUT2D eigenvalue weighted by Crippen LogP contribution is 2.30. The molecular weight excluding hydrogens is 306 g/mol. The Morgan fingerprint density at radius 1 is 1.45 bits per heavy atom. The fraction of sp³-hybridized carbons (Fsp3) is 0.273. The van der Waals surface area contributed by atoms with Crippen LogP contribution in [0, 0.1) is 0 Å². The number of halogens is 1. The van der Waals surface area contributed by atoms with E-state index in [9.17, 15) is 13.2 Å². The second-order valence-electron chi connectivity index (χ2n) is 4.03. The van der Waals surface area contributed by atoms with E-state index >= 15 is 0 Å².